The molecule has 4 rings (SSSR count). The highest BCUT2D eigenvalue weighted by Gasteiger charge is 2.06. The Morgan fingerprint density at radius 3 is 1.94 bits per heavy atom. The monoisotopic (exact) mass is 439 g/mol. The first-order valence-electron chi connectivity index (χ1n) is 11.5. The molecule has 4 aromatic rings. The summed E-state index contributed by atoms with van der Waals surface area (Å²) in [6, 6.07) is 26.7. The van der Waals surface area contributed by atoms with Gasteiger partial charge in [0, 0.05) is 11.9 Å². The minimum atomic E-state index is 0.539. The number of benzene rings is 3. The molecule has 0 bridgehead atoms. The molecule has 4 nitrogen and oxygen atoms in total. The largest absolute Gasteiger partial charge is 0.494 e. The number of imidazole rings is 1. The highest BCUT2D eigenvalue weighted by atomic mass is 16.5. The van der Waals surface area contributed by atoms with Gasteiger partial charge >= 0.3 is 0 Å². The average molecular weight is 439 g/mol. The van der Waals surface area contributed by atoms with Crippen LogP contribution < -0.4 is 20.4 Å². The molecule has 0 saturated carbocycles. The molecule has 1 heterocycles. The van der Waals surface area contributed by atoms with Crippen LogP contribution in [0.15, 0.2) is 91.4 Å². The van der Waals surface area contributed by atoms with Gasteiger partial charge in [-0.15, -0.1) is 0 Å². The Hall–Kier alpha value is -3.47. The fraction of sp³-hybridized carbons (Fsp3) is 0.250. The molecule has 1 radical (unpaired) electrons. The number of hydrogen-bond donors (Lipinski definition) is 1. The van der Waals surface area contributed by atoms with Crippen LogP contribution in [-0.4, -0.2) is 30.5 Å². The Labute approximate surface area is 198 Å². The Balaban J connectivity index is 0.000000194. The van der Waals surface area contributed by atoms with Crippen molar-refractivity contribution in [3.05, 3.63) is 103 Å². The summed E-state index contributed by atoms with van der Waals surface area (Å²) in [7, 11) is 2.12. The zero-order chi connectivity index (χ0) is 23.3. The van der Waals surface area contributed by atoms with Gasteiger partial charge in [0.2, 0.25) is 0 Å². The van der Waals surface area contributed by atoms with E-state index >= 15 is 0 Å². The van der Waals surface area contributed by atoms with Crippen molar-refractivity contribution in [3.63, 3.8) is 0 Å². The van der Waals surface area contributed by atoms with Gasteiger partial charge in [0.15, 0.2) is 7.28 Å². The fourth-order valence-corrected chi connectivity index (χ4v) is 3.54. The van der Waals surface area contributed by atoms with E-state index in [0.29, 0.717) is 19.1 Å². The smallest absolute Gasteiger partial charge is 0.191 e. The molecule has 0 saturated heterocycles. The van der Waals surface area contributed by atoms with Gasteiger partial charge in [0.25, 0.3) is 0 Å². The van der Waals surface area contributed by atoms with Gasteiger partial charge in [-0.3, -0.25) is 0 Å². The molecular weight excluding hydrogens is 407 g/mol. The van der Waals surface area contributed by atoms with Crippen LogP contribution in [0.25, 0.3) is 0 Å². The van der Waals surface area contributed by atoms with E-state index in [0.717, 1.165) is 28.8 Å². The number of aromatic nitrogens is 2. The third kappa shape index (κ3) is 8.19. The normalized spacial score (nSPS) is 11.1. The lowest BCUT2D eigenvalue weighted by Crippen LogP contribution is -2.26. The van der Waals surface area contributed by atoms with Crippen LogP contribution in [0.4, 0.5) is 0 Å². The number of ether oxygens (including phenoxy) is 2. The van der Waals surface area contributed by atoms with Crippen LogP contribution in [0.5, 0.6) is 11.5 Å². The van der Waals surface area contributed by atoms with Gasteiger partial charge in [0.1, 0.15) is 11.5 Å². The molecule has 1 atom stereocenters. The third-order valence-electron chi connectivity index (χ3n) is 5.12. The maximum absolute atomic E-state index is 5.50. The number of nitrogens with one attached hydrogen (secondary N) is 1. The number of hydrogen-bond acceptors (Lipinski definition) is 3. The van der Waals surface area contributed by atoms with Crippen LogP contribution in [-0.2, 0) is 6.42 Å². The summed E-state index contributed by atoms with van der Waals surface area (Å²) < 4.78 is 11.0. The second kappa shape index (κ2) is 13.2. The van der Waals surface area contributed by atoms with E-state index in [4.69, 9.17) is 9.47 Å². The Morgan fingerprint density at radius 1 is 0.818 bits per heavy atom. The zero-order valence-corrected chi connectivity index (χ0v) is 19.7. The van der Waals surface area contributed by atoms with E-state index in [-0.39, 0.29) is 0 Å². The second-order valence-electron chi connectivity index (χ2n) is 7.75. The average Bonchev–Trinajstić information content (AvgIpc) is 3.34. The van der Waals surface area contributed by atoms with E-state index < -0.39 is 0 Å². The van der Waals surface area contributed by atoms with Crippen LogP contribution in [0.3, 0.4) is 0 Å². The predicted octanol–water partition coefficient (Wildman–Crippen LogP) is 4.89. The molecule has 3 aromatic carbocycles. The van der Waals surface area contributed by atoms with Gasteiger partial charge in [-0.05, 0) is 56.0 Å². The molecule has 169 valence electrons. The van der Waals surface area contributed by atoms with E-state index in [9.17, 15) is 0 Å². The van der Waals surface area contributed by atoms with Gasteiger partial charge < -0.3 is 14.5 Å². The molecule has 0 aliphatic heterocycles. The standard InChI is InChI=1S/C16H18BO2.C12H14N2/c1-3-18-15-9-5-7-13(11-15)17-14-8-6-10-16(12-14)19-4-2;1-10(7-12-8-13-9-14-12)11-5-3-2-4-6-11/h5-12H,3-4H2,1-2H3;2-6,8-10H,7H2,1H3,(H,13,14). The van der Waals surface area contributed by atoms with Crippen molar-refractivity contribution < 1.29 is 9.47 Å². The summed E-state index contributed by atoms with van der Waals surface area (Å²) in [6.45, 7) is 7.58. The number of rotatable bonds is 9. The van der Waals surface area contributed by atoms with Crippen molar-refractivity contribution >= 4 is 18.2 Å². The van der Waals surface area contributed by atoms with Crippen molar-refractivity contribution in [2.24, 2.45) is 0 Å². The first-order valence-corrected chi connectivity index (χ1v) is 11.5. The van der Waals surface area contributed by atoms with Crippen molar-refractivity contribution in [3.8, 4) is 11.5 Å². The van der Waals surface area contributed by atoms with Crippen molar-refractivity contribution in [2.45, 2.75) is 33.1 Å². The minimum Gasteiger partial charge on any atom is -0.494 e. The molecule has 0 fully saturated rings. The summed E-state index contributed by atoms with van der Waals surface area (Å²) in [6.07, 6.45) is 4.64. The van der Waals surface area contributed by atoms with Gasteiger partial charge in [-0.1, -0.05) is 72.4 Å². The Morgan fingerprint density at radius 2 is 1.42 bits per heavy atom. The summed E-state index contributed by atoms with van der Waals surface area (Å²) in [5, 5.41) is 0. The molecule has 5 heteroatoms. The lowest BCUT2D eigenvalue weighted by atomic mass is 9.64. The summed E-state index contributed by atoms with van der Waals surface area (Å²) in [5.41, 5.74) is 4.82. The van der Waals surface area contributed by atoms with Crippen LogP contribution in [0, 0.1) is 0 Å². The van der Waals surface area contributed by atoms with Crippen LogP contribution >= 0.6 is 0 Å². The molecular formula is C28H32BN2O2. The van der Waals surface area contributed by atoms with Gasteiger partial charge in [-0.2, -0.15) is 0 Å². The fourth-order valence-electron chi connectivity index (χ4n) is 3.54. The van der Waals surface area contributed by atoms with E-state index in [1.54, 1.807) is 6.33 Å². The molecule has 0 aliphatic rings. The van der Waals surface area contributed by atoms with E-state index in [2.05, 4.69) is 60.6 Å². The molecule has 33 heavy (non-hydrogen) atoms. The SMILES string of the molecule is CC(Cc1cnc[nH]1)c1ccccc1.CCOc1cccc([B]c2cccc(OCC)c2)c1. The van der Waals surface area contributed by atoms with Crippen LogP contribution in [0.2, 0.25) is 0 Å². The lowest BCUT2D eigenvalue weighted by Gasteiger charge is -2.09. The third-order valence-corrected chi connectivity index (χ3v) is 5.12. The van der Waals surface area contributed by atoms with Crippen LogP contribution in [0.1, 0.15) is 37.9 Å². The number of nitrogens with zero attached hydrogens (tertiary/aromatic N) is 1. The van der Waals surface area contributed by atoms with Gasteiger partial charge in [0.05, 0.1) is 19.5 Å². The van der Waals surface area contributed by atoms with Crippen molar-refractivity contribution in [1.82, 2.24) is 9.97 Å². The molecule has 1 N–H and O–H groups in total. The molecule has 0 aliphatic carbocycles. The molecule has 1 unspecified atom stereocenters. The molecule has 0 spiro atoms. The highest BCUT2D eigenvalue weighted by molar-refractivity contribution is 6.67. The first kappa shape index (κ1) is 24.2. The summed E-state index contributed by atoms with van der Waals surface area (Å²) >= 11 is 0. The minimum absolute atomic E-state index is 0.539. The topological polar surface area (TPSA) is 47.1 Å². The predicted molar refractivity (Wildman–Crippen MR) is 137 cm³/mol. The van der Waals surface area contributed by atoms with Crippen molar-refractivity contribution in [1.29, 1.82) is 0 Å². The summed E-state index contributed by atoms with van der Waals surface area (Å²) in [4.78, 5) is 7.14. The maximum Gasteiger partial charge on any atom is 0.191 e. The van der Waals surface area contributed by atoms with Gasteiger partial charge in [-0.25, -0.2) is 4.98 Å². The highest BCUT2D eigenvalue weighted by Crippen LogP contribution is 2.18. The number of aromatic amines is 1. The molecule has 0 amide bonds. The van der Waals surface area contributed by atoms with E-state index in [1.165, 1.54) is 11.3 Å². The Kier molecular flexibility index (Phi) is 9.65. The first-order chi connectivity index (χ1) is 16.2. The molecule has 1 aromatic heterocycles. The second-order valence-corrected chi connectivity index (χ2v) is 7.75. The van der Waals surface area contributed by atoms with Crippen molar-refractivity contribution in [2.75, 3.05) is 13.2 Å². The van der Waals surface area contributed by atoms with E-state index in [1.807, 2.05) is 62.5 Å². The summed E-state index contributed by atoms with van der Waals surface area (Å²) in [5.74, 6) is 2.34. The lowest BCUT2D eigenvalue weighted by molar-refractivity contribution is 0.340. The number of H-pyrrole nitrogens is 1. The quantitative estimate of drug-likeness (QED) is 0.378. The maximum atomic E-state index is 5.50. The Bertz CT molecular complexity index is 1020. The zero-order valence-electron chi connectivity index (χ0n) is 19.7.